The van der Waals surface area contributed by atoms with Crippen LogP contribution in [0.2, 0.25) is 0 Å². The quantitative estimate of drug-likeness (QED) is 0.740. The van der Waals surface area contributed by atoms with Gasteiger partial charge >= 0.3 is 5.97 Å². The van der Waals surface area contributed by atoms with Gasteiger partial charge in [-0.1, -0.05) is 0 Å². The van der Waals surface area contributed by atoms with Crippen LogP contribution in [0.15, 0.2) is 0 Å². The Labute approximate surface area is 88.1 Å². The molecule has 15 heavy (non-hydrogen) atoms. The van der Waals surface area contributed by atoms with Gasteiger partial charge in [0.2, 0.25) is 11.8 Å². The number of aromatic nitrogens is 3. The Hall–Kier alpha value is -1.72. The Bertz CT molecular complexity index is 354. The monoisotopic (exact) mass is 210 g/mol. The van der Waals surface area contributed by atoms with Gasteiger partial charge in [-0.05, 0) is 20.8 Å². The molecule has 0 aromatic carbocycles. The molecule has 6 heteroatoms. The standard InChI is InChI=1S/C9H14N4O2/c1-4-10-9-12-6(3)11-7(13-9)8(14)15-5-2/h4-5H2,1-3H3,(H,10,11,12,13). The molecule has 0 saturated heterocycles. The average Bonchev–Trinajstić information content (AvgIpc) is 2.17. The molecule has 0 fully saturated rings. The highest BCUT2D eigenvalue weighted by atomic mass is 16.5. The van der Waals surface area contributed by atoms with Crippen LogP contribution in [-0.4, -0.2) is 34.1 Å². The first-order valence-corrected chi connectivity index (χ1v) is 4.81. The minimum Gasteiger partial charge on any atom is -0.460 e. The van der Waals surface area contributed by atoms with E-state index in [0.717, 1.165) is 0 Å². The van der Waals surface area contributed by atoms with Crippen molar-refractivity contribution in [3.8, 4) is 0 Å². The summed E-state index contributed by atoms with van der Waals surface area (Å²) in [7, 11) is 0. The summed E-state index contributed by atoms with van der Waals surface area (Å²) in [6.45, 7) is 6.34. The van der Waals surface area contributed by atoms with Gasteiger partial charge in [-0.3, -0.25) is 0 Å². The highest BCUT2D eigenvalue weighted by Gasteiger charge is 2.12. The Morgan fingerprint density at radius 2 is 2.07 bits per heavy atom. The average molecular weight is 210 g/mol. The maximum atomic E-state index is 11.4. The van der Waals surface area contributed by atoms with Crippen molar-refractivity contribution in [2.24, 2.45) is 0 Å². The maximum absolute atomic E-state index is 11.4. The van der Waals surface area contributed by atoms with Crippen LogP contribution in [0.1, 0.15) is 30.3 Å². The predicted molar refractivity (Wildman–Crippen MR) is 54.7 cm³/mol. The van der Waals surface area contributed by atoms with Crippen LogP contribution >= 0.6 is 0 Å². The summed E-state index contributed by atoms with van der Waals surface area (Å²) in [5.74, 6) is 0.402. The van der Waals surface area contributed by atoms with Gasteiger partial charge in [-0.25, -0.2) is 9.78 Å². The molecule has 0 aliphatic rings. The van der Waals surface area contributed by atoms with Gasteiger partial charge in [-0.2, -0.15) is 9.97 Å². The van der Waals surface area contributed by atoms with Crippen molar-refractivity contribution in [1.82, 2.24) is 15.0 Å². The molecular weight excluding hydrogens is 196 g/mol. The first kappa shape index (κ1) is 11.4. The Balaban J connectivity index is 2.92. The van der Waals surface area contributed by atoms with E-state index >= 15 is 0 Å². The van der Waals surface area contributed by atoms with E-state index in [2.05, 4.69) is 20.3 Å². The first-order valence-electron chi connectivity index (χ1n) is 4.81. The largest absolute Gasteiger partial charge is 0.460 e. The smallest absolute Gasteiger partial charge is 0.376 e. The lowest BCUT2D eigenvalue weighted by molar-refractivity contribution is 0.0511. The van der Waals surface area contributed by atoms with E-state index in [4.69, 9.17) is 4.74 Å². The molecule has 6 nitrogen and oxygen atoms in total. The first-order chi connectivity index (χ1) is 7.17. The van der Waals surface area contributed by atoms with Crippen LogP contribution < -0.4 is 5.32 Å². The minimum atomic E-state index is -0.526. The molecule has 0 amide bonds. The van der Waals surface area contributed by atoms with Crippen molar-refractivity contribution in [3.63, 3.8) is 0 Å². The summed E-state index contributed by atoms with van der Waals surface area (Å²) in [4.78, 5) is 23.2. The topological polar surface area (TPSA) is 77.0 Å². The zero-order valence-electron chi connectivity index (χ0n) is 9.07. The third kappa shape index (κ3) is 3.16. The van der Waals surface area contributed by atoms with Crippen molar-refractivity contribution < 1.29 is 9.53 Å². The van der Waals surface area contributed by atoms with Crippen LogP contribution in [-0.2, 0) is 4.74 Å². The number of hydrogen-bond acceptors (Lipinski definition) is 6. The van der Waals surface area contributed by atoms with Crippen LogP contribution in [0.25, 0.3) is 0 Å². The molecule has 0 aliphatic carbocycles. The lowest BCUT2D eigenvalue weighted by Crippen LogP contribution is -2.14. The summed E-state index contributed by atoms with van der Waals surface area (Å²) < 4.78 is 4.80. The van der Waals surface area contributed by atoms with Gasteiger partial charge < -0.3 is 10.1 Å². The summed E-state index contributed by atoms with van der Waals surface area (Å²) in [6.07, 6.45) is 0. The molecule has 1 aromatic rings. The molecule has 1 heterocycles. The highest BCUT2D eigenvalue weighted by molar-refractivity contribution is 5.85. The van der Waals surface area contributed by atoms with E-state index in [-0.39, 0.29) is 5.82 Å². The van der Waals surface area contributed by atoms with E-state index in [1.165, 1.54) is 0 Å². The molecule has 0 aliphatic heterocycles. The Morgan fingerprint density at radius 1 is 1.33 bits per heavy atom. The number of aryl methyl sites for hydroxylation is 1. The lowest BCUT2D eigenvalue weighted by Gasteiger charge is -2.04. The van der Waals surface area contributed by atoms with Crippen molar-refractivity contribution in [2.45, 2.75) is 20.8 Å². The van der Waals surface area contributed by atoms with Crippen molar-refractivity contribution in [2.75, 3.05) is 18.5 Å². The van der Waals surface area contributed by atoms with Crippen LogP contribution in [0, 0.1) is 6.92 Å². The molecule has 0 unspecified atom stereocenters. The van der Waals surface area contributed by atoms with Crippen LogP contribution in [0.5, 0.6) is 0 Å². The molecule has 82 valence electrons. The van der Waals surface area contributed by atoms with Crippen molar-refractivity contribution in [3.05, 3.63) is 11.6 Å². The van der Waals surface area contributed by atoms with E-state index in [9.17, 15) is 4.79 Å². The number of ether oxygens (including phenoxy) is 1. The number of nitrogens with one attached hydrogen (secondary N) is 1. The van der Waals surface area contributed by atoms with E-state index < -0.39 is 5.97 Å². The van der Waals surface area contributed by atoms with Crippen molar-refractivity contribution in [1.29, 1.82) is 0 Å². The molecule has 0 atom stereocenters. The third-order valence-electron chi connectivity index (χ3n) is 1.54. The maximum Gasteiger partial charge on any atom is 0.376 e. The second kappa shape index (κ2) is 5.23. The normalized spacial score (nSPS) is 9.80. The number of anilines is 1. The number of rotatable bonds is 4. The predicted octanol–water partition coefficient (Wildman–Crippen LogP) is 0.789. The molecule has 0 radical (unpaired) electrons. The molecule has 0 saturated carbocycles. The second-order valence-electron chi connectivity index (χ2n) is 2.78. The van der Waals surface area contributed by atoms with E-state index in [1.54, 1.807) is 13.8 Å². The molecule has 1 rings (SSSR count). The van der Waals surface area contributed by atoms with E-state index in [0.29, 0.717) is 24.9 Å². The zero-order valence-corrected chi connectivity index (χ0v) is 9.07. The zero-order chi connectivity index (χ0) is 11.3. The molecule has 1 N–H and O–H groups in total. The Morgan fingerprint density at radius 3 is 2.67 bits per heavy atom. The van der Waals surface area contributed by atoms with Crippen LogP contribution in [0.3, 0.4) is 0 Å². The fraction of sp³-hybridized carbons (Fsp3) is 0.556. The number of hydrogen-bond donors (Lipinski definition) is 1. The van der Waals surface area contributed by atoms with E-state index in [1.807, 2.05) is 6.92 Å². The van der Waals surface area contributed by atoms with Gasteiger partial charge in [-0.15, -0.1) is 0 Å². The van der Waals surface area contributed by atoms with Gasteiger partial charge in [0, 0.05) is 6.54 Å². The van der Waals surface area contributed by atoms with Crippen LogP contribution in [0.4, 0.5) is 5.95 Å². The summed E-state index contributed by atoms with van der Waals surface area (Å²) in [5, 5.41) is 2.92. The molecule has 0 spiro atoms. The molecular formula is C9H14N4O2. The second-order valence-corrected chi connectivity index (χ2v) is 2.78. The summed E-state index contributed by atoms with van der Waals surface area (Å²) in [5.41, 5.74) is 0. The van der Waals surface area contributed by atoms with Gasteiger partial charge in [0.05, 0.1) is 6.61 Å². The number of esters is 1. The highest BCUT2D eigenvalue weighted by Crippen LogP contribution is 2.01. The fourth-order valence-corrected chi connectivity index (χ4v) is 1.01. The molecule has 1 aromatic heterocycles. The third-order valence-corrected chi connectivity index (χ3v) is 1.54. The van der Waals surface area contributed by atoms with Crippen molar-refractivity contribution >= 4 is 11.9 Å². The van der Waals surface area contributed by atoms with Gasteiger partial charge in [0.1, 0.15) is 5.82 Å². The minimum absolute atomic E-state index is 0.0419. The van der Waals surface area contributed by atoms with Gasteiger partial charge in [0.25, 0.3) is 0 Å². The lowest BCUT2D eigenvalue weighted by atomic mass is 10.5. The summed E-state index contributed by atoms with van der Waals surface area (Å²) in [6, 6.07) is 0. The number of carbonyl (C=O) groups excluding carboxylic acids is 1. The number of nitrogens with zero attached hydrogens (tertiary/aromatic N) is 3. The number of carbonyl (C=O) groups is 1. The van der Waals surface area contributed by atoms with Gasteiger partial charge in [0.15, 0.2) is 0 Å². The fourth-order valence-electron chi connectivity index (χ4n) is 1.01. The Kier molecular flexibility index (Phi) is 3.96. The molecule has 0 bridgehead atoms. The summed E-state index contributed by atoms with van der Waals surface area (Å²) >= 11 is 0. The SMILES string of the molecule is CCNc1nc(C)nc(C(=O)OCC)n1.